The van der Waals surface area contributed by atoms with Gasteiger partial charge < -0.3 is 0 Å². The molecule has 0 bridgehead atoms. The number of halogens is 2. The van der Waals surface area contributed by atoms with Crippen LogP contribution in [0.25, 0.3) is 0 Å². The third-order valence-corrected chi connectivity index (χ3v) is 3.21. The number of carbonyl (C=O) groups is 1. The van der Waals surface area contributed by atoms with Gasteiger partial charge in [-0.05, 0) is 25.0 Å². The fourth-order valence-corrected chi connectivity index (χ4v) is 1.94. The molecule has 2 rings (SSSR count). The zero-order valence-electron chi connectivity index (χ0n) is 8.62. The molecule has 1 aliphatic rings. The van der Waals surface area contributed by atoms with E-state index in [2.05, 4.69) is 4.98 Å². The van der Waals surface area contributed by atoms with E-state index in [1.807, 2.05) is 0 Å². The number of alkyl halides is 2. The Hall–Kier alpha value is -0.890. The van der Waals surface area contributed by atoms with E-state index in [-0.39, 0.29) is 11.6 Å². The molecular weight excluding hydrogens is 231 g/mol. The van der Waals surface area contributed by atoms with Gasteiger partial charge in [0.15, 0.2) is 6.29 Å². The number of carbonyl (C=O) groups excluding carboxylic acids is 1. The Bertz CT molecular complexity index is 413. The first-order valence-corrected chi connectivity index (χ1v) is 5.73. The minimum atomic E-state index is -3.03. The maximum atomic E-state index is 13.1. The molecular formula is C11H12F2NOP. The second-order valence-electron chi connectivity index (χ2n) is 4.04. The molecule has 1 unspecified atom stereocenters. The molecule has 86 valence electrons. The second-order valence-corrected chi connectivity index (χ2v) is 4.76. The summed E-state index contributed by atoms with van der Waals surface area (Å²) in [6, 6.07) is 2.64. The minimum Gasteiger partial charge on any atom is -0.298 e. The van der Waals surface area contributed by atoms with Crippen LogP contribution in [0.15, 0.2) is 12.1 Å². The zero-order chi connectivity index (χ0) is 11.8. The number of aromatic nitrogens is 1. The van der Waals surface area contributed by atoms with Gasteiger partial charge in [-0.15, -0.1) is 0 Å². The van der Waals surface area contributed by atoms with Crippen molar-refractivity contribution in [1.82, 2.24) is 4.98 Å². The van der Waals surface area contributed by atoms with Crippen molar-refractivity contribution in [3.8, 4) is 0 Å². The van der Waals surface area contributed by atoms with Gasteiger partial charge in [0.05, 0.1) is 5.69 Å². The van der Waals surface area contributed by atoms with E-state index >= 15 is 0 Å². The van der Waals surface area contributed by atoms with Crippen molar-refractivity contribution >= 4 is 15.5 Å². The zero-order valence-corrected chi connectivity index (χ0v) is 9.77. The van der Waals surface area contributed by atoms with Crippen LogP contribution in [-0.4, -0.2) is 11.3 Å². The maximum Gasteiger partial charge on any atom is 0.300 e. The molecule has 1 aromatic heterocycles. The summed E-state index contributed by atoms with van der Waals surface area (Å²) >= 11 is 0. The predicted molar refractivity (Wildman–Crippen MR) is 59.8 cm³/mol. The van der Waals surface area contributed by atoms with E-state index in [1.165, 1.54) is 21.4 Å². The molecule has 0 amide bonds. The van der Waals surface area contributed by atoms with Gasteiger partial charge in [-0.3, -0.25) is 9.78 Å². The Morgan fingerprint density at radius 1 is 1.44 bits per heavy atom. The van der Waals surface area contributed by atoms with Crippen LogP contribution in [0.5, 0.6) is 0 Å². The Morgan fingerprint density at radius 3 is 2.56 bits per heavy atom. The highest BCUT2D eigenvalue weighted by Crippen LogP contribution is 2.39. The van der Waals surface area contributed by atoms with E-state index in [9.17, 15) is 13.6 Å². The highest BCUT2D eigenvalue weighted by atomic mass is 31.0. The largest absolute Gasteiger partial charge is 0.300 e. The Balaban J connectivity index is 2.42. The number of aldehydes is 1. The number of hydrogen-bond donors (Lipinski definition) is 0. The summed E-state index contributed by atoms with van der Waals surface area (Å²) in [7, 11) is 1.47. The third kappa shape index (κ3) is 2.12. The minimum absolute atomic E-state index is 0.174. The molecule has 0 aliphatic heterocycles. The first-order valence-electron chi connectivity index (χ1n) is 5.15. The normalized spacial score (nSPS) is 16.9. The molecule has 1 aliphatic carbocycles. The second kappa shape index (κ2) is 4.17. The van der Waals surface area contributed by atoms with E-state index in [4.69, 9.17) is 0 Å². The molecule has 0 radical (unpaired) electrons. The molecule has 1 saturated carbocycles. The smallest absolute Gasteiger partial charge is 0.298 e. The summed E-state index contributed by atoms with van der Waals surface area (Å²) in [6.45, 7) is 0. The lowest BCUT2D eigenvalue weighted by atomic mass is 9.81. The van der Waals surface area contributed by atoms with Crippen LogP contribution in [0.2, 0.25) is 0 Å². The van der Waals surface area contributed by atoms with Gasteiger partial charge in [0.1, 0.15) is 5.69 Å². The van der Waals surface area contributed by atoms with Crippen LogP contribution in [0.4, 0.5) is 8.78 Å². The van der Waals surface area contributed by atoms with Crippen molar-refractivity contribution in [3.63, 3.8) is 0 Å². The van der Waals surface area contributed by atoms with Crippen molar-refractivity contribution < 1.29 is 13.6 Å². The number of pyridine rings is 1. The Labute approximate surface area is 94.7 Å². The SMILES string of the molecule is O=Cc1ccc(C(F)(F)P)nc1C1CCC1. The fraction of sp³-hybridized carbons (Fsp3) is 0.455. The van der Waals surface area contributed by atoms with Crippen LogP contribution >= 0.6 is 9.24 Å². The molecule has 2 nitrogen and oxygen atoms in total. The van der Waals surface area contributed by atoms with E-state index in [1.54, 1.807) is 0 Å². The van der Waals surface area contributed by atoms with Gasteiger partial charge in [0.25, 0.3) is 5.66 Å². The summed E-state index contributed by atoms with van der Waals surface area (Å²) in [4.78, 5) is 14.7. The van der Waals surface area contributed by atoms with Gasteiger partial charge in [-0.2, -0.15) is 8.78 Å². The van der Waals surface area contributed by atoms with Crippen LogP contribution in [-0.2, 0) is 5.66 Å². The molecule has 5 heteroatoms. The van der Waals surface area contributed by atoms with Gasteiger partial charge in [0, 0.05) is 11.5 Å². The summed E-state index contributed by atoms with van der Waals surface area (Å²) in [5.74, 6) is 0.174. The van der Waals surface area contributed by atoms with Crippen molar-refractivity contribution in [2.24, 2.45) is 0 Å². The van der Waals surface area contributed by atoms with Crippen LogP contribution in [0.1, 0.15) is 46.9 Å². The topological polar surface area (TPSA) is 30.0 Å². The molecule has 16 heavy (non-hydrogen) atoms. The molecule has 0 spiro atoms. The van der Waals surface area contributed by atoms with Gasteiger partial charge >= 0.3 is 0 Å². The van der Waals surface area contributed by atoms with Crippen molar-refractivity contribution in [3.05, 3.63) is 29.1 Å². The lowest BCUT2D eigenvalue weighted by Gasteiger charge is -2.26. The van der Waals surface area contributed by atoms with Crippen molar-refractivity contribution in [1.29, 1.82) is 0 Å². The van der Waals surface area contributed by atoms with Gasteiger partial charge in [-0.25, -0.2) is 0 Å². The lowest BCUT2D eigenvalue weighted by molar-refractivity contribution is 0.0977. The lowest BCUT2D eigenvalue weighted by Crippen LogP contribution is -2.16. The van der Waals surface area contributed by atoms with Crippen LogP contribution in [0.3, 0.4) is 0 Å². The van der Waals surface area contributed by atoms with Crippen molar-refractivity contribution in [2.45, 2.75) is 30.8 Å². The first kappa shape index (κ1) is 11.6. The van der Waals surface area contributed by atoms with E-state index in [0.717, 1.165) is 19.3 Å². The Kier molecular flexibility index (Phi) is 3.02. The van der Waals surface area contributed by atoms with Crippen LogP contribution in [0, 0.1) is 0 Å². The summed E-state index contributed by atoms with van der Waals surface area (Å²) in [6.07, 6.45) is 3.62. The molecule has 0 N–H and O–H groups in total. The average Bonchev–Trinajstić information content (AvgIpc) is 2.13. The average molecular weight is 243 g/mol. The number of nitrogens with zero attached hydrogens (tertiary/aromatic N) is 1. The summed E-state index contributed by atoms with van der Waals surface area (Å²) < 4.78 is 26.1. The summed E-state index contributed by atoms with van der Waals surface area (Å²) in [5.41, 5.74) is -2.35. The standard InChI is InChI=1S/C11H12F2NOP/c12-11(13,16)9-5-4-8(6-15)10(14-9)7-2-1-3-7/h4-7H,1-3,16H2. The highest BCUT2D eigenvalue weighted by Gasteiger charge is 2.30. The first-order chi connectivity index (χ1) is 7.52. The predicted octanol–water partition coefficient (Wildman–Crippen LogP) is 3.09. The van der Waals surface area contributed by atoms with Gasteiger partial charge in [0.2, 0.25) is 0 Å². The number of rotatable bonds is 3. The maximum absolute atomic E-state index is 13.1. The van der Waals surface area contributed by atoms with Crippen molar-refractivity contribution in [2.75, 3.05) is 0 Å². The van der Waals surface area contributed by atoms with Gasteiger partial charge in [-0.1, -0.05) is 15.7 Å². The summed E-state index contributed by atoms with van der Waals surface area (Å²) in [5, 5.41) is 0. The molecule has 1 atom stereocenters. The molecule has 0 saturated heterocycles. The third-order valence-electron chi connectivity index (χ3n) is 2.92. The Morgan fingerprint density at radius 2 is 2.12 bits per heavy atom. The van der Waals surface area contributed by atoms with E-state index in [0.29, 0.717) is 17.5 Å². The quantitative estimate of drug-likeness (QED) is 0.603. The monoisotopic (exact) mass is 243 g/mol. The molecule has 0 aromatic carbocycles. The van der Waals surface area contributed by atoms with Crippen LogP contribution < -0.4 is 0 Å². The van der Waals surface area contributed by atoms with E-state index < -0.39 is 5.66 Å². The molecule has 1 fully saturated rings. The molecule has 1 aromatic rings. The highest BCUT2D eigenvalue weighted by molar-refractivity contribution is 7.17. The fourth-order valence-electron chi connectivity index (χ4n) is 1.78. The number of hydrogen-bond acceptors (Lipinski definition) is 2. The molecule has 1 heterocycles.